The van der Waals surface area contributed by atoms with Crippen LogP contribution in [0.1, 0.15) is 5.56 Å². The third-order valence-electron chi connectivity index (χ3n) is 1.81. The summed E-state index contributed by atoms with van der Waals surface area (Å²) < 4.78 is 6.45. The third kappa shape index (κ3) is 4.36. The van der Waals surface area contributed by atoms with Crippen molar-refractivity contribution < 1.29 is 4.74 Å². The smallest absolute Gasteiger partial charge is 0.217 e. The second-order valence-corrected chi connectivity index (χ2v) is 4.59. The molecule has 0 aliphatic rings. The topological polar surface area (TPSA) is 25.4 Å². The Balaban J connectivity index is 2.60. The Morgan fingerprint density at radius 1 is 1.53 bits per heavy atom. The Labute approximate surface area is 104 Å². The summed E-state index contributed by atoms with van der Waals surface area (Å²) in [6.45, 7) is 1.48. The number of rotatable bonds is 5. The number of ether oxygens (including phenoxy) is 1. The van der Waals surface area contributed by atoms with Gasteiger partial charge >= 0.3 is 0 Å². The van der Waals surface area contributed by atoms with E-state index >= 15 is 0 Å². The molecule has 1 heterocycles. The fourth-order valence-electron chi connectivity index (χ4n) is 1.02. The Morgan fingerprint density at radius 2 is 2.27 bits per heavy atom. The molecular weight excluding hydrogens is 279 g/mol. The molecule has 0 amide bonds. The van der Waals surface area contributed by atoms with Gasteiger partial charge in [0, 0.05) is 22.8 Å². The predicted molar refractivity (Wildman–Crippen MR) is 65.5 cm³/mol. The van der Waals surface area contributed by atoms with Crippen molar-refractivity contribution in [3.63, 3.8) is 0 Å². The minimum atomic E-state index is 0.406. The predicted octanol–water partition coefficient (Wildman–Crippen LogP) is 2.52. The number of alkyl halides is 1. The molecule has 0 radical (unpaired) electrons. The molecule has 15 heavy (non-hydrogen) atoms. The lowest BCUT2D eigenvalue weighted by Gasteiger charge is -2.12. The van der Waals surface area contributed by atoms with E-state index in [1.807, 2.05) is 20.2 Å². The van der Waals surface area contributed by atoms with E-state index in [4.69, 9.17) is 16.3 Å². The van der Waals surface area contributed by atoms with Gasteiger partial charge < -0.3 is 9.64 Å². The van der Waals surface area contributed by atoms with E-state index < -0.39 is 0 Å². The minimum absolute atomic E-state index is 0.406. The summed E-state index contributed by atoms with van der Waals surface area (Å²) in [6, 6.07) is 1.92. The van der Waals surface area contributed by atoms with Gasteiger partial charge in [0.05, 0.1) is 5.88 Å². The molecule has 0 aliphatic carbocycles. The normalized spacial score (nSPS) is 10.7. The number of pyridine rings is 1. The number of halogens is 2. The third-order valence-corrected chi connectivity index (χ3v) is 2.53. The zero-order valence-electron chi connectivity index (χ0n) is 8.83. The lowest BCUT2D eigenvalue weighted by atomic mass is 10.3. The summed E-state index contributed by atoms with van der Waals surface area (Å²) in [6.07, 6.45) is 1.71. The Bertz CT molecular complexity index is 320. The number of hydrogen-bond acceptors (Lipinski definition) is 3. The molecule has 5 heteroatoms. The van der Waals surface area contributed by atoms with Crippen LogP contribution in [0.25, 0.3) is 0 Å². The van der Waals surface area contributed by atoms with Gasteiger partial charge in [0.1, 0.15) is 6.61 Å². The molecule has 1 rings (SSSR count). The van der Waals surface area contributed by atoms with Crippen molar-refractivity contribution in [1.29, 1.82) is 0 Å². The van der Waals surface area contributed by atoms with Crippen LogP contribution >= 0.6 is 27.5 Å². The van der Waals surface area contributed by atoms with Gasteiger partial charge in [0.2, 0.25) is 5.88 Å². The maximum atomic E-state index is 5.79. The van der Waals surface area contributed by atoms with E-state index in [2.05, 4.69) is 25.8 Å². The average molecular weight is 294 g/mol. The van der Waals surface area contributed by atoms with E-state index in [0.717, 1.165) is 16.6 Å². The highest BCUT2D eigenvalue weighted by atomic mass is 79.9. The van der Waals surface area contributed by atoms with Crippen LogP contribution in [0.15, 0.2) is 16.7 Å². The second-order valence-electron chi connectivity index (χ2n) is 3.40. The number of likely N-dealkylation sites (N-methyl/N-ethyl adjacent to an activating group) is 1. The van der Waals surface area contributed by atoms with E-state index in [9.17, 15) is 0 Å². The van der Waals surface area contributed by atoms with Crippen LogP contribution < -0.4 is 4.74 Å². The largest absolute Gasteiger partial charge is 0.476 e. The standard InChI is InChI=1S/C10H14BrClN2O/c1-14(2)3-4-15-10-8(6-12)5-9(11)7-13-10/h5,7H,3-4,6H2,1-2H3. The van der Waals surface area contributed by atoms with Gasteiger partial charge in [-0.05, 0) is 36.1 Å². The molecule has 0 aliphatic heterocycles. The van der Waals surface area contributed by atoms with Crippen molar-refractivity contribution in [2.24, 2.45) is 0 Å². The zero-order chi connectivity index (χ0) is 11.3. The molecule has 0 aromatic carbocycles. The molecule has 0 bridgehead atoms. The van der Waals surface area contributed by atoms with Crippen molar-refractivity contribution in [2.45, 2.75) is 5.88 Å². The van der Waals surface area contributed by atoms with Crippen LogP contribution in [0.5, 0.6) is 5.88 Å². The van der Waals surface area contributed by atoms with Gasteiger partial charge in [-0.2, -0.15) is 0 Å². The molecule has 0 fully saturated rings. The summed E-state index contributed by atoms with van der Waals surface area (Å²) in [5.41, 5.74) is 0.907. The summed E-state index contributed by atoms with van der Waals surface area (Å²) in [7, 11) is 4.00. The summed E-state index contributed by atoms with van der Waals surface area (Å²) in [4.78, 5) is 6.23. The van der Waals surface area contributed by atoms with Crippen molar-refractivity contribution in [3.05, 3.63) is 22.3 Å². The monoisotopic (exact) mass is 292 g/mol. The molecule has 0 unspecified atom stereocenters. The average Bonchev–Trinajstić information content (AvgIpc) is 2.19. The first-order valence-electron chi connectivity index (χ1n) is 4.61. The molecule has 0 spiro atoms. The zero-order valence-corrected chi connectivity index (χ0v) is 11.2. The van der Waals surface area contributed by atoms with Crippen molar-refractivity contribution >= 4 is 27.5 Å². The highest BCUT2D eigenvalue weighted by Crippen LogP contribution is 2.21. The first-order chi connectivity index (χ1) is 7.13. The van der Waals surface area contributed by atoms with Gasteiger partial charge in [0.15, 0.2) is 0 Å². The van der Waals surface area contributed by atoms with Crippen molar-refractivity contribution in [1.82, 2.24) is 9.88 Å². The summed E-state index contributed by atoms with van der Waals surface area (Å²) in [5.74, 6) is 1.03. The lowest BCUT2D eigenvalue weighted by Crippen LogP contribution is -2.20. The fraction of sp³-hybridized carbons (Fsp3) is 0.500. The molecule has 0 N–H and O–H groups in total. The SMILES string of the molecule is CN(C)CCOc1ncc(Br)cc1CCl. The van der Waals surface area contributed by atoms with Gasteiger partial charge in [-0.1, -0.05) is 0 Å². The highest BCUT2D eigenvalue weighted by molar-refractivity contribution is 9.10. The minimum Gasteiger partial charge on any atom is -0.476 e. The van der Waals surface area contributed by atoms with Crippen LogP contribution in [-0.4, -0.2) is 37.1 Å². The Kier molecular flexibility index (Phi) is 5.36. The van der Waals surface area contributed by atoms with E-state index in [1.54, 1.807) is 6.20 Å². The van der Waals surface area contributed by atoms with Crippen LogP contribution in [-0.2, 0) is 5.88 Å². The van der Waals surface area contributed by atoms with E-state index in [-0.39, 0.29) is 0 Å². The Hall–Kier alpha value is -0.320. The van der Waals surface area contributed by atoms with Crippen LogP contribution in [0, 0.1) is 0 Å². The first kappa shape index (κ1) is 12.7. The molecule has 3 nitrogen and oxygen atoms in total. The fourth-order valence-corrected chi connectivity index (χ4v) is 1.59. The number of aromatic nitrogens is 1. The maximum Gasteiger partial charge on any atom is 0.217 e. The molecule has 0 saturated heterocycles. The number of hydrogen-bond donors (Lipinski definition) is 0. The second kappa shape index (κ2) is 6.30. The van der Waals surface area contributed by atoms with Crippen LogP contribution in [0.2, 0.25) is 0 Å². The molecular formula is C10H14BrClN2O. The quantitative estimate of drug-likeness (QED) is 0.780. The van der Waals surface area contributed by atoms with Crippen LogP contribution in [0.4, 0.5) is 0 Å². The van der Waals surface area contributed by atoms with Crippen LogP contribution in [0.3, 0.4) is 0 Å². The first-order valence-corrected chi connectivity index (χ1v) is 5.94. The van der Waals surface area contributed by atoms with Crippen molar-refractivity contribution in [3.8, 4) is 5.88 Å². The summed E-state index contributed by atoms with van der Waals surface area (Å²) >= 11 is 9.14. The molecule has 84 valence electrons. The van der Waals surface area contributed by atoms with Gasteiger partial charge in [-0.15, -0.1) is 11.6 Å². The molecule has 0 atom stereocenters. The summed E-state index contributed by atoms with van der Waals surface area (Å²) in [5, 5.41) is 0. The maximum absolute atomic E-state index is 5.79. The van der Waals surface area contributed by atoms with Gasteiger partial charge in [-0.3, -0.25) is 0 Å². The molecule has 0 saturated carbocycles. The van der Waals surface area contributed by atoms with E-state index in [1.165, 1.54) is 0 Å². The van der Waals surface area contributed by atoms with Gasteiger partial charge in [0.25, 0.3) is 0 Å². The van der Waals surface area contributed by atoms with Gasteiger partial charge in [-0.25, -0.2) is 4.98 Å². The van der Waals surface area contributed by atoms with E-state index in [0.29, 0.717) is 18.4 Å². The van der Waals surface area contributed by atoms with Crippen molar-refractivity contribution in [2.75, 3.05) is 27.2 Å². The molecule has 1 aromatic heterocycles. The number of nitrogens with zero attached hydrogens (tertiary/aromatic N) is 2. The highest BCUT2D eigenvalue weighted by Gasteiger charge is 2.05. The lowest BCUT2D eigenvalue weighted by molar-refractivity contribution is 0.252. The molecule has 1 aromatic rings. The Morgan fingerprint density at radius 3 is 2.87 bits per heavy atom.